The molecule has 1 aromatic heterocycles. The first-order valence-electron chi connectivity index (χ1n) is 5.54. The highest BCUT2D eigenvalue weighted by Crippen LogP contribution is 2.28. The predicted octanol–water partition coefficient (Wildman–Crippen LogP) is 1.86. The summed E-state index contributed by atoms with van der Waals surface area (Å²) in [6.07, 6.45) is 0. The van der Waals surface area contributed by atoms with Gasteiger partial charge in [0.25, 0.3) is 0 Å². The third kappa shape index (κ3) is 2.03. The van der Waals surface area contributed by atoms with Crippen LogP contribution in [0.3, 0.4) is 0 Å². The first kappa shape index (κ1) is 11.7. The summed E-state index contributed by atoms with van der Waals surface area (Å²) >= 11 is 0. The van der Waals surface area contributed by atoms with Gasteiger partial charge in [-0.05, 0) is 24.6 Å². The number of ether oxygens (including phenoxy) is 1. The van der Waals surface area contributed by atoms with Crippen LogP contribution in [0.4, 0.5) is 0 Å². The third-order valence-corrected chi connectivity index (χ3v) is 2.91. The number of aromatic nitrogens is 2. The fourth-order valence-electron chi connectivity index (χ4n) is 2.07. The second kappa shape index (κ2) is 4.59. The summed E-state index contributed by atoms with van der Waals surface area (Å²) in [7, 11) is 3.58. The van der Waals surface area contributed by atoms with Crippen molar-refractivity contribution in [3.63, 3.8) is 0 Å². The highest BCUT2D eigenvalue weighted by molar-refractivity contribution is 5.69. The van der Waals surface area contributed by atoms with Crippen LogP contribution >= 0.6 is 0 Å². The Hall–Kier alpha value is -1.81. The van der Waals surface area contributed by atoms with Gasteiger partial charge < -0.3 is 10.5 Å². The fourth-order valence-corrected chi connectivity index (χ4v) is 2.07. The zero-order valence-corrected chi connectivity index (χ0v) is 10.4. The zero-order chi connectivity index (χ0) is 12.4. The molecular weight excluding hydrogens is 214 g/mol. The average Bonchev–Trinajstić information content (AvgIpc) is 2.63. The van der Waals surface area contributed by atoms with Crippen LogP contribution in [0.15, 0.2) is 24.3 Å². The van der Waals surface area contributed by atoms with E-state index in [0.717, 1.165) is 28.3 Å². The molecule has 0 aliphatic rings. The molecule has 2 aromatic rings. The van der Waals surface area contributed by atoms with E-state index in [1.165, 1.54) is 0 Å². The summed E-state index contributed by atoms with van der Waals surface area (Å²) in [5.41, 5.74) is 10.1. The Morgan fingerprint density at radius 3 is 2.47 bits per heavy atom. The zero-order valence-electron chi connectivity index (χ0n) is 10.4. The van der Waals surface area contributed by atoms with Gasteiger partial charge in [-0.2, -0.15) is 5.10 Å². The van der Waals surface area contributed by atoms with Crippen molar-refractivity contribution in [1.82, 2.24) is 9.78 Å². The minimum atomic E-state index is 0.485. The van der Waals surface area contributed by atoms with E-state index in [4.69, 9.17) is 10.5 Å². The smallest absolute Gasteiger partial charge is 0.118 e. The molecule has 0 radical (unpaired) electrons. The third-order valence-electron chi connectivity index (χ3n) is 2.91. The van der Waals surface area contributed by atoms with Crippen molar-refractivity contribution in [3.05, 3.63) is 35.7 Å². The topological polar surface area (TPSA) is 53.1 Å². The Kier molecular flexibility index (Phi) is 3.15. The molecule has 4 heteroatoms. The van der Waals surface area contributed by atoms with Gasteiger partial charge in [0, 0.05) is 19.2 Å². The van der Waals surface area contributed by atoms with Crippen molar-refractivity contribution in [2.24, 2.45) is 12.8 Å². The summed E-state index contributed by atoms with van der Waals surface area (Å²) in [5.74, 6) is 0.851. The predicted molar refractivity (Wildman–Crippen MR) is 67.8 cm³/mol. The molecule has 0 unspecified atom stereocenters. The van der Waals surface area contributed by atoms with E-state index in [0.29, 0.717) is 6.54 Å². The lowest BCUT2D eigenvalue weighted by Crippen LogP contribution is -2.05. The maximum Gasteiger partial charge on any atom is 0.118 e. The molecule has 0 spiro atoms. The van der Waals surface area contributed by atoms with E-state index >= 15 is 0 Å². The lowest BCUT2D eigenvalue weighted by Gasteiger charge is -2.05. The first-order valence-corrected chi connectivity index (χ1v) is 5.54. The number of aryl methyl sites for hydroxylation is 2. The quantitative estimate of drug-likeness (QED) is 0.877. The summed E-state index contributed by atoms with van der Waals surface area (Å²) in [6.45, 7) is 2.48. The molecule has 0 atom stereocenters. The molecule has 0 amide bonds. The van der Waals surface area contributed by atoms with Gasteiger partial charge in [-0.1, -0.05) is 12.1 Å². The Morgan fingerprint density at radius 2 is 1.94 bits per heavy atom. The van der Waals surface area contributed by atoms with Crippen molar-refractivity contribution in [1.29, 1.82) is 0 Å². The van der Waals surface area contributed by atoms with Gasteiger partial charge in [0.15, 0.2) is 0 Å². The average molecular weight is 231 g/mol. The molecule has 1 heterocycles. The molecule has 0 bridgehead atoms. The monoisotopic (exact) mass is 231 g/mol. The first-order chi connectivity index (χ1) is 8.17. The van der Waals surface area contributed by atoms with E-state index in [1.807, 2.05) is 42.9 Å². The maximum atomic E-state index is 5.77. The summed E-state index contributed by atoms with van der Waals surface area (Å²) in [5, 5.41) is 4.41. The minimum absolute atomic E-state index is 0.485. The van der Waals surface area contributed by atoms with Crippen molar-refractivity contribution in [2.75, 3.05) is 7.11 Å². The largest absolute Gasteiger partial charge is 0.497 e. The van der Waals surface area contributed by atoms with Gasteiger partial charge in [0.2, 0.25) is 0 Å². The number of hydrogen-bond donors (Lipinski definition) is 1. The maximum absolute atomic E-state index is 5.77. The molecule has 0 saturated heterocycles. The van der Waals surface area contributed by atoms with Crippen molar-refractivity contribution >= 4 is 0 Å². The lowest BCUT2D eigenvalue weighted by atomic mass is 10.0. The molecular formula is C13H17N3O. The molecule has 1 aromatic carbocycles. The standard InChI is InChI=1S/C13H17N3O/c1-9-13(12(8-14)16(2)15-9)10-4-6-11(17-3)7-5-10/h4-7H,8,14H2,1-3H3. The van der Waals surface area contributed by atoms with Crippen LogP contribution < -0.4 is 10.5 Å². The Morgan fingerprint density at radius 1 is 1.29 bits per heavy atom. The highest BCUT2D eigenvalue weighted by atomic mass is 16.5. The van der Waals surface area contributed by atoms with Gasteiger partial charge in [0.05, 0.1) is 18.5 Å². The van der Waals surface area contributed by atoms with Crippen LogP contribution in [-0.4, -0.2) is 16.9 Å². The molecule has 2 rings (SSSR count). The summed E-state index contributed by atoms with van der Waals surface area (Å²) in [4.78, 5) is 0. The minimum Gasteiger partial charge on any atom is -0.497 e. The van der Waals surface area contributed by atoms with Crippen molar-refractivity contribution in [3.8, 4) is 16.9 Å². The highest BCUT2D eigenvalue weighted by Gasteiger charge is 2.13. The van der Waals surface area contributed by atoms with Crippen molar-refractivity contribution < 1.29 is 4.74 Å². The van der Waals surface area contributed by atoms with E-state index in [2.05, 4.69) is 5.10 Å². The number of nitrogens with zero attached hydrogens (tertiary/aromatic N) is 2. The molecule has 0 fully saturated rings. The van der Waals surface area contributed by atoms with Crippen LogP contribution in [0.2, 0.25) is 0 Å². The van der Waals surface area contributed by atoms with Gasteiger partial charge >= 0.3 is 0 Å². The second-order valence-electron chi connectivity index (χ2n) is 3.96. The second-order valence-corrected chi connectivity index (χ2v) is 3.96. The van der Waals surface area contributed by atoms with Crippen LogP contribution in [0.1, 0.15) is 11.4 Å². The molecule has 4 nitrogen and oxygen atoms in total. The van der Waals surface area contributed by atoms with E-state index in [9.17, 15) is 0 Å². The molecule has 90 valence electrons. The number of rotatable bonds is 3. The molecule has 0 saturated carbocycles. The van der Waals surface area contributed by atoms with Crippen LogP contribution in [0.5, 0.6) is 5.75 Å². The number of methoxy groups -OCH3 is 1. The van der Waals surface area contributed by atoms with Gasteiger partial charge in [-0.25, -0.2) is 0 Å². The summed E-state index contributed by atoms with van der Waals surface area (Å²) in [6, 6.07) is 7.95. The Labute approximate surface area is 101 Å². The molecule has 0 aliphatic carbocycles. The lowest BCUT2D eigenvalue weighted by molar-refractivity contribution is 0.415. The molecule has 2 N–H and O–H groups in total. The molecule has 17 heavy (non-hydrogen) atoms. The van der Waals surface area contributed by atoms with Crippen molar-refractivity contribution in [2.45, 2.75) is 13.5 Å². The fraction of sp³-hybridized carbons (Fsp3) is 0.308. The van der Waals surface area contributed by atoms with Crippen LogP contribution in [0.25, 0.3) is 11.1 Å². The van der Waals surface area contributed by atoms with E-state index in [1.54, 1.807) is 7.11 Å². The number of hydrogen-bond acceptors (Lipinski definition) is 3. The van der Waals surface area contributed by atoms with E-state index in [-0.39, 0.29) is 0 Å². The van der Waals surface area contributed by atoms with Crippen LogP contribution in [-0.2, 0) is 13.6 Å². The Balaban J connectivity index is 2.51. The van der Waals surface area contributed by atoms with E-state index < -0.39 is 0 Å². The normalized spacial score (nSPS) is 10.6. The Bertz CT molecular complexity index is 514. The molecule has 0 aliphatic heterocycles. The van der Waals surface area contributed by atoms with Gasteiger partial charge in [0.1, 0.15) is 5.75 Å². The summed E-state index contributed by atoms with van der Waals surface area (Å²) < 4.78 is 6.99. The van der Waals surface area contributed by atoms with Crippen LogP contribution in [0, 0.1) is 6.92 Å². The van der Waals surface area contributed by atoms with Gasteiger partial charge in [-0.15, -0.1) is 0 Å². The SMILES string of the molecule is COc1ccc(-c2c(C)nn(C)c2CN)cc1. The number of nitrogens with two attached hydrogens (primary N) is 1. The van der Waals surface area contributed by atoms with Gasteiger partial charge in [-0.3, -0.25) is 4.68 Å². The number of benzene rings is 1.